The van der Waals surface area contributed by atoms with Crippen LogP contribution in [0.5, 0.6) is 0 Å². The third kappa shape index (κ3) is 4.36. The van der Waals surface area contributed by atoms with Crippen molar-refractivity contribution >= 4 is 31.5 Å². The Kier molecular flexibility index (Phi) is 6.72. The lowest BCUT2D eigenvalue weighted by Gasteiger charge is -2.30. The van der Waals surface area contributed by atoms with Gasteiger partial charge in [0.15, 0.2) is 17.5 Å². The van der Waals surface area contributed by atoms with Gasteiger partial charge in [-0.1, -0.05) is 176 Å². The van der Waals surface area contributed by atoms with Crippen molar-refractivity contribution in [2.24, 2.45) is 0 Å². The molecule has 0 fully saturated rings. The zero-order valence-electron chi connectivity index (χ0n) is 30.1. The lowest BCUT2D eigenvalue weighted by molar-refractivity contribution is 0.794. The molecule has 2 aliphatic rings. The predicted molar refractivity (Wildman–Crippen MR) is 231 cm³/mol. The van der Waals surface area contributed by atoms with E-state index in [4.69, 9.17) is 15.0 Å². The van der Waals surface area contributed by atoms with E-state index in [0.717, 1.165) is 16.7 Å². The predicted octanol–water partition coefficient (Wildman–Crippen LogP) is 13.3. The molecule has 0 radical (unpaired) electrons. The zero-order chi connectivity index (χ0) is 36.8. The second-order valence-electron chi connectivity index (χ2n) is 14.6. The van der Waals surface area contributed by atoms with Crippen LogP contribution in [0.2, 0.25) is 0 Å². The zero-order valence-corrected chi connectivity index (χ0v) is 31.0. The summed E-state index contributed by atoms with van der Waals surface area (Å²) in [5, 5.41) is 2.37. The minimum Gasteiger partial charge on any atom is -0.208 e. The summed E-state index contributed by atoms with van der Waals surface area (Å²) in [7, 11) is 0. The largest absolute Gasteiger partial charge is 0.208 e. The molecule has 260 valence electrons. The molecule has 0 atom stereocenters. The highest BCUT2D eigenvalue weighted by Crippen LogP contribution is 2.63. The van der Waals surface area contributed by atoms with E-state index < -0.39 is 0 Å². The Morgan fingerprint density at radius 2 is 0.821 bits per heavy atom. The van der Waals surface area contributed by atoms with Crippen LogP contribution in [-0.2, 0) is 5.41 Å². The van der Waals surface area contributed by atoms with Crippen LogP contribution in [0.25, 0.3) is 87.7 Å². The third-order valence-corrected chi connectivity index (χ3v) is 13.0. The van der Waals surface area contributed by atoms with Crippen molar-refractivity contribution in [1.82, 2.24) is 15.0 Å². The lowest BCUT2D eigenvalue weighted by Crippen LogP contribution is -2.25. The maximum Gasteiger partial charge on any atom is 0.164 e. The molecule has 1 spiro atoms. The van der Waals surface area contributed by atoms with E-state index in [1.807, 2.05) is 47.7 Å². The fraction of sp³-hybridized carbons (Fsp3) is 0.0192. The van der Waals surface area contributed by atoms with E-state index >= 15 is 0 Å². The first-order valence-electron chi connectivity index (χ1n) is 19.0. The summed E-state index contributed by atoms with van der Waals surface area (Å²) in [6.07, 6.45) is 0. The summed E-state index contributed by atoms with van der Waals surface area (Å²) >= 11 is 1.84. The summed E-state index contributed by atoms with van der Waals surface area (Å²) in [5.74, 6) is 1.99. The Balaban J connectivity index is 1.08. The highest BCUT2D eigenvalue weighted by atomic mass is 32.1. The van der Waals surface area contributed by atoms with Crippen molar-refractivity contribution in [2.45, 2.75) is 5.41 Å². The Hall–Kier alpha value is -7.01. The highest BCUT2D eigenvalue weighted by Gasteiger charge is 2.51. The molecular weight excluding hydrogens is 699 g/mol. The molecule has 12 rings (SSSR count). The minimum atomic E-state index is -0.387. The maximum atomic E-state index is 5.14. The summed E-state index contributed by atoms with van der Waals surface area (Å²) in [6.45, 7) is 0. The SMILES string of the molecule is c1ccc(-c2nc(-c3ccccc3)nc(-c3cccc4sc5c(-c6ccc7c(c6)C6(c8ccccc8-c8ccccc86)c6ccccc6-7)cccc5c34)n2)cc1. The fourth-order valence-electron chi connectivity index (χ4n) is 9.45. The molecule has 2 heterocycles. The number of hydrogen-bond acceptors (Lipinski definition) is 4. The van der Waals surface area contributed by atoms with Crippen molar-refractivity contribution in [2.75, 3.05) is 0 Å². The molecule has 8 aromatic carbocycles. The quantitative estimate of drug-likeness (QED) is 0.181. The van der Waals surface area contributed by atoms with Crippen molar-refractivity contribution in [1.29, 1.82) is 0 Å². The van der Waals surface area contributed by atoms with Gasteiger partial charge in [-0.15, -0.1) is 11.3 Å². The van der Waals surface area contributed by atoms with Crippen molar-refractivity contribution < 1.29 is 0 Å². The number of rotatable bonds is 4. The average molecular weight is 730 g/mol. The van der Waals surface area contributed by atoms with Gasteiger partial charge in [-0.3, -0.25) is 0 Å². The number of fused-ring (bicyclic) bond motifs is 13. The van der Waals surface area contributed by atoms with Crippen LogP contribution >= 0.6 is 11.3 Å². The van der Waals surface area contributed by atoms with Gasteiger partial charge < -0.3 is 0 Å². The molecule has 2 aromatic heterocycles. The average Bonchev–Trinajstić information content (AvgIpc) is 3.91. The van der Waals surface area contributed by atoms with E-state index in [1.165, 1.54) is 75.8 Å². The van der Waals surface area contributed by atoms with Gasteiger partial charge in [-0.25, -0.2) is 15.0 Å². The molecule has 10 aromatic rings. The van der Waals surface area contributed by atoms with Crippen LogP contribution in [0, 0.1) is 0 Å². The van der Waals surface area contributed by atoms with Crippen LogP contribution in [0.3, 0.4) is 0 Å². The molecule has 0 saturated carbocycles. The molecule has 56 heavy (non-hydrogen) atoms. The Labute approximate surface area is 328 Å². The van der Waals surface area contributed by atoms with Gasteiger partial charge in [0, 0.05) is 36.9 Å². The molecule has 0 amide bonds. The highest BCUT2D eigenvalue weighted by molar-refractivity contribution is 7.26. The molecule has 2 aliphatic carbocycles. The van der Waals surface area contributed by atoms with Gasteiger partial charge in [0.05, 0.1) is 5.41 Å². The third-order valence-electron chi connectivity index (χ3n) is 11.8. The monoisotopic (exact) mass is 729 g/mol. The number of aromatic nitrogens is 3. The Morgan fingerprint density at radius 1 is 0.339 bits per heavy atom. The molecule has 0 aliphatic heterocycles. The first-order valence-corrected chi connectivity index (χ1v) is 19.8. The van der Waals surface area contributed by atoms with Gasteiger partial charge >= 0.3 is 0 Å². The van der Waals surface area contributed by atoms with Gasteiger partial charge in [0.2, 0.25) is 0 Å². The summed E-state index contributed by atoms with van der Waals surface area (Å²) < 4.78 is 2.46. The maximum absolute atomic E-state index is 5.14. The molecule has 4 heteroatoms. The first kappa shape index (κ1) is 31.4. The molecule has 0 saturated heterocycles. The first-order chi connectivity index (χ1) is 27.8. The van der Waals surface area contributed by atoms with Gasteiger partial charge in [-0.2, -0.15) is 0 Å². The van der Waals surface area contributed by atoms with Crippen molar-refractivity contribution in [3.05, 3.63) is 210 Å². The standard InChI is InChI=1S/C52H31N3S/c1-3-15-32(16-4-1)49-53-50(33-17-5-2-6-18-33)55-51(54-49)41-24-14-28-46-47(41)40-23-13-22-35(48(40)56-46)34-29-30-39-38-21-9-12-27-44(38)52(45(39)31-34)42-25-10-7-19-36(42)37-20-8-11-26-43(37)52/h1-31H. The van der Waals surface area contributed by atoms with Crippen LogP contribution in [0.15, 0.2) is 188 Å². The van der Waals surface area contributed by atoms with E-state index in [-0.39, 0.29) is 5.41 Å². The second-order valence-corrected chi connectivity index (χ2v) is 15.7. The molecule has 0 N–H and O–H groups in total. The lowest BCUT2D eigenvalue weighted by atomic mass is 9.70. The van der Waals surface area contributed by atoms with Gasteiger partial charge in [-0.05, 0) is 67.8 Å². The number of thiophene rings is 1. The number of nitrogens with zero attached hydrogens (tertiary/aromatic N) is 3. The van der Waals surface area contributed by atoms with Gasteiger partial charge in [0.25, 0.3) is 0 Å². The minimum absolute atomic E-state index is 0.387. The summed E-state index contributed by atoms with van der Waals surface area (Å²) in [5.41, 5.74) is 15.7. The van der Waals surface area contributed by atoms with E-state index in [0.29, 0.717) is 17.5 Å². The normalized spacial score (nSPS) is 13.1. The number of benzene rings is 8. The molecule has 0 unspecified atom stereocenters. The van der Waals surface area contributed by atoms with Crippen molar-refractivity contribution in [3.8, 4) is 67.5 Å². The van der Waals surface area contributed by atoms with Crippen LogP contribution in [0.4, 0.5) is 0 Å². The van der Waals surface area contributed by atoms with E-state index in [1.54, 1.807) is 0 Å². The van der Waals surface area contributed by atoms with Gasteiger partial charge in [0.1, 0.15) is 0 Å². The summed E-state index contributed by atoms with van der Waals surface area (Å²) in [4.78, 5) is 15.2. The summed E-state index contributed by atoms with van der Waals surface area (Å²) in [6, 6.07) is 67.8. The van der Waals surface area contributed by atoms with Crippen LogP contribution in [-0.4, -0.2) is 15.0 Å². The van der Waals surface area contributed by atoms with Crippen molar-refractivity contribution in [3.63, 3.8) is 0 Å². The molecular formula is C52H31N3S. The second kappa shape index (κ2) is 12.0. The Morgan fingerprint density at radius 3 is 1.43 bits per heavy atom. The van der Waals surface area contributed by atoms with Crippen LogP contribution < -0.4 is 0 Å². The van der Waals surface area contributed by atoms with E-state index in [2.05, 4.69) is 152 Å². The fourth-order valence-corrected chi connectivity index (χ4v) is 10.7. The topological polar surface area (TPSA) is 38.7 Å². The Bertz CT molecular complexity index is 3080. The molecule has 3 nitrogen and oxygen atoms in total. The smallest absolute Gasteiger partial charge is 0.164 e. The van der Waals surface area contributed by atoms with Crippen LogP contribution in [0.1, 0.15) is 22.3 Å². The number of hydrogen-bond donors (Lipinski definition) is 0. The van der Waals surface area contributed by atoms with E-state index in [9.17, 15) is 0 Å². The molecule has 0 bridgehead atoms.